The summed E-state index contributed by atoms with van der Waals surface area (Å²) in [4.78, 5) is 11.5. The molecule has 4 nitrogen and oxygen atoms in total. The standard InChI is InChI=1S/C10H15NO3/c1-7-6-9(8(2)14-7)10(13)11-4-3-5-12/h6,12H,3-5H2,1-2H3,(H,11,13). The summed E-state index contributed by atoms with van der Waals surface area (Å²) in [7, 11) is 0. The highest BCUT2D eigenvalue weighted by Gasteiger charge is 2.12. The molecule has 0 aliphatic rings. The number of nitrogens with one attached hydrogen (secondary N) is 1. The van der Waals surface area contributed by atoms with Crippen molar-refractivity contribution in [3.63, 3.8) is 0 Å². The second-order valence-corrected chi connectivity index (χ2v) is 3.16. The lowest BCUT2D eigenvalue weighted by molar-refractivity contribution is 0.0949. The lowest BCUT2D eigenvalue weighted by Crippen LogP contribution is -2.25. The smallest absolute Gasteiger partial charge is 0.254 e. The molecule has 78 valence electrons. The monoisotopic (exact) mass is 197 g/mol. The molecule has 0 atom stereocenters. The van der Waals surface area contributed by atoms with Crippen molar-refractivity contribution in [2.75, 3.05) is 13.2 Å². The van der Waals surface area contributed by atoms with Crippen LogP contribution in [0, 0.1) is 13.8 Å². The Hall–Kier alpha value is -1.29. The summed E-state index contributed by atoms with van der Waals surface area (Å²) in [5.41, 5.74) is 0.570. The molecule has 1 aromatic heterocycles. The maximum Gasteiger partial charge on any atom is 0.254 e. The maximum absolute atomic E-state index is 11.5. The third kappa shape index (κ3) is 2.60. The van der Waals surface area contributed by atoms with Crippen molar-refractivity contribution in [3.8, 4) is 0 Å². The van der Waals surface area contributed by atoms with Gasteiger partial charge in [0.25, 0.3) is 5.91 Å². The molecule has 1 aromatic rings. The summed E-state index contributed by atoms with van der Waals surface area (Å²) in [5.74, 6) is 1.21. The first kappa shape index (κ1) is 10.8. The Labute approximate surface area is 82.9 Å². The molecule has 0 unspecified atom stereocenters. The van der Waals surface area contributed by atoms with Crippen molar-refractivity contribution in [1.29, 1.82) is 0 Å². The molecule has 1 heterocycles. The van der Waals surface area contributed by atoms with Gasteiger partial charge in [0.15, 0.2) is 0 Å². The van der Waals surface area contributed by atoms with E-state index < -0.39 is 0 Å². The first-order valence-electron chi connectivity index (χ1n) is 4.61. The summed E-state index contributed by atoms with van der Waals surface area (Å²) in [5, 5.41) is 11.2. The fraction of sp³-hybridized carbons (Fsp3) is 0.500. The lowest BCUT2D eigenvalue weighted by atomic mass is 10.2. The number of aliphatic hydroxyl groups is 1. The Morgan fingerprint density at radius 2 is 2.29 bits per heavy atom. The fourth-order valence-corrected chi connectivity index (χ4v) is 1.23. The first-order chi connectivity index (χ1) is 6.65. The summed E-state index contributed by atoms with van der Waals surface area (Å²) in [6, 6.07) is 1.71. The zero-order valence-corrected chi connectivity index (χ0v) is 8.46. The molecule has 0 aliphatic heterocycles. The average Bonchev–Trinajstić information content (AvgIpc) is 2.45. The Kier molecular flexibility index (Phi) is 3.71. The summed E-state index contributed by atoms with van der Waals surface area (Å²) in [6.07, 6.45) is 0.571. The van der Waals surface area contributed by atoms with E-state index in [1.165, 1.54) is 0 Å². The minimum Gasteiger partial charge on any atom is -0.466 e. The minimum absolute atomic E-state index is 0.0870. The second kappa shape index (κ2) is 4.81. The van der Waals surface area contributed by atoms with Gasteiger partial charge in [0.05, 0.1) is 5.56 Å². The quantitative estimate of drug-likeness (QED) is 0.708. The highest BCUT2D eigenvalue weighted by atomic mass is 16.3. The topological polar surface area (TPSA) is 62.5 Å². The van der Waals surface area contributed by atoms with Gasteiger partial charge >= 0.3 is 0 Å². The van der Waals surface area contributed by atoms with Crippen molar-refractivity contribution >= 4 is 5.91 Å². The van der Waals surface area contributed by atoms with E-state index >= 15 is 0 Å². The predicted octanol–water partition coefficient (Wildman–Crippen LogP) is 1.01. The molecule has 0 aliphatic carbocycles. The second-order valence-electron chi connectivity index (χ2n) is 3.16. The number of hydrogen-bond donors (Lipinski definition) is 2. The Morgan fingerprint density at radius 1 is 1.57 bits per heavy atom. The van der Waals surface area contributed by atoms with Crippen LogP contribution in [0.25, 0.3) is 0 Å². The van der Waals surface area contributed by atoms with E-state index in [2.05, 4.69) is 5.32 Å². The van der Waals surface area contributed by atoms with E-state index in [1.54, 1.807) is 19.9 Å². The zero-order chi connectivity index (χ0) is 10.6. The van der Waals surface area contributed by atoms with E-state index in [-0.39, 0.29) is 12.5 Å². The molecule has 0 bridgehead atoms. The highest BCUT2D eigenvalue weighted by molar-refractivity contribution is 5.95. The lowest BCUT2D eigenvalue weighted by Gasteiger charge is -2.01. The molecular weight excluding hydrogens is 182 g/mol. The normalized spacial score (nSPS) is 10.2. The van der Waals surface area contributed by atoms with Crippen LogP contribution in [-0.2, 0) is 0 Å². The molecule has 2 N–H and O–H groups in total. The number of carbonyl (C=O) groups is 1. The van der Waals surface area contributed by atoms with Gasteiger partial charge in [-0.05, 0) is 26.3 Å². The SMILES string of the molecule is Cc1cc(C(=O)NCCCO)c(C)o1. The summed E-state index contributed by atoms with van der Waals surface area (Å²) in [6.45, 7) is 4.13. The Balaban J connectivity index is 2.56. The van der Waals surface area contributed by atoms with E-state index in [0.717, 1.165) is 5.76 Å². The van der Waals surface area contributed by atoms with Gasteiger partial charge in [0.1, 0.15) is 11.5 Å². The molecule has 4 heteroatoms. The number of carbonyl (C=O) groups excluding carboxylic acids is 1. The Morgan fingerprint density at radius 3 is 2.79 bits per heavy atom. The average molecular weight is 197 g/mol. The van der Waals surface area contributed by atoms with Crippen molar-refractivity contribution in [1.82, 2.24) is 5.32 Å². The molecular formula is C10H15NO3. The van der Waals surface area contributed by atoms with Crippen LogP contribution < -0.4 is 5.32 Å². The minimum atomic E-state index is -0.146. The Bertz CT molecular complexity index is 317. The van der Waals surface area contributed by atoms with Gasteiger partial charge in [-0.15, -0.1) is 0 Å². The molecule has 0 saturated heterocycles. The van der Waals surface area contributed by atoms with Crippen LogP contribution in [0.15, 0.2) is 10.5 Å². The van der Waals surface area contributed by atoms with Gasteiger partial charge in [-0.25, -0.2) is 0 Å². The van der Waals surface area contributed by atoms with Crippen molar-refractivity contribution < 1.29 is 14.3 Å². The van der Waals surface area contributed by atoms with Crippen LogP contribution in [0.1, 0.15) is 28.3 Å². The van der Waals surface area contributed by atoms with Crippen molar-refractivity contribution in [2.45, 2.75) is 20.3 Å². The van der Waals surface area contributed by atoms with Crippen molar-refractivity contribution in [2.24, 2.45) is 0 Å². The number of hydrogen-bond acceptors (Lipinski definition) is 3. The van der Waals surface area contributed by atoms with E-state index in [0.29, 0.717) is 24.3 Å². The summed E-state index contributed by atoms with van der Waals surface area (Å²) < 4.78 is 5.23. The zero-order valence-electron chi connectivity index (χ0n) is 8.46. The molecule has 0 spiro atoms. The van der Waals surface area contributed by atoms with Gasteiger partial charge in [0.2, 0.25) is 0 Å². The van der Waals surface area contributed by atoms with Gasteiger partial charge in [-0.3, -0.25) is 4.79 Å². The molecule has 1 rings (SSSR count). The molecule has 0 radical (unpaired) electrons. The first-order valence-corrected chi connectivity index (χ1v) is 4.61. The molecule has 0 saturated carbocycles. The van der Waals surface area contributed by atoms with Gasteiger partial charge in [0, 0.05) is 13.2 Å². The highest BCUT2D eigenvalue weighted by Crippen LogP contribution is 2.12. The van der Waals surface area contributed by atoms with E-state index in [4.69, 9.17) is 9.52 Å². The number of aliphatic hydroxyl groups excluding tert-OH is 1. The van der Waals surface area contributed by atoms with Crippen molar-refractivity contribution in [3.05, 3.63) is 23.2 Å². The molecule has 1 amide bonds. The van der Waals surface area contributed by atoms with Crippen LogP contribution >= 0.6 is 0 Å². The maximum atomic E-state index is 11.5. The van der Waals surface area contributed by atoms with Gasteiger partial charge in [-0.2, -0.15) is 0 Å². The van der Waals surface area contributed by atoms with E-state index in [9.17, 15) is 4.79 Å². The van der Waals surface area contributed by atoms with Crippen LogP contribution in [0.3, 0.4) is 0 Å². The molecule has 0 aromatic carbocycles. The largest absolute Gasteiger partial charge is 0.466 e. The predicted molar refractivity (Wildman–Crippen MR) is 52.2 cm³/mol. The number of furan rings is 1. The third-order valence-corrected chi connectivity index (χ3v) is 1.91. The van der Waals surface area contributed by atoms with E-state index in [1.807, 2.05) is 0 Å². The number of amides is 1. The molecule has 0 fully saturated rings. The molecule has 14 heavy (non-hydrogen) atoms. The number of aryl methyl sites for hydroxylation is 2. The van der Waals surface area contributed by atoms with Crippen LogP contribution in [0.4, 0.5) is 0 Å². The summed E-state index contributed by atoms with van der Waals surface area (Å²) >= 11 is 0. The van der Waals surface area contributed by atoms with Crippen LogP contribution in [0.2, 0.25) is 0 Å². The van der Waals surface area contributed by atoms with Crippen LogP contribution in [0.5, 0.6) is 0 Å². The third-order valence-electron chi connectivity index (χ3n) is 1.91. The van der Waals surface area contributed by atoms with Gasteiger partial charge < -0.3 is 14.8 Å². The fourth-order valence-electron chi connectivity index (χ4n) is 1.23. The van der Waals surface area contributed by atoms with Gasteiger partial charge in [-0.1, -0.05) is 0 Å². The number of rotatable bonds is 4. The van der Waals surface area contributed by atoms with Crippen LogP contribution in [-0.4, -0.2) is 24.2 Å².